The molecule has 0 unspecified atom stereocenters. The smallest absolute Gasteiger partial charge is 0.274 e. The number of nitrogens with one attached hydrogen (secondary N) is 2. The fraction of sp³-hybridized carbons (Fsp3) is 0.345. The average Bonchev–Trinajstić information content (AvgIpc) is 3.55. The molecule has 214 valence electrons. The van der Waals surface area contributed by atoms with Crippen molar-refractivity contribution in [3.63, 3.8) is 0 Å². The van der Waals surface area contributed by atoms with Gasteiger partial charge in [-0.3, -0.25) is 9.48 Å². The maximum absolute atomic E-state index is 12.9. The molecule has 0 amide bonds. The molecule has 3 heterocycles. The summed E-state index contributed by atoms with van der Waals surface area (Å²) >= 11 is 0. The number of hydrogen-bond donors (Lipinski definition) is 4. The summed E-state index contributed by atoms with van der Waals surface area (Å²) in [6, 6.07) is 14.6. The molecule has 2 aromatic carbocycles. The van der Waals surface area contributed by atoms with E-state index in [2.05, 4.69) is 25.8 Å². The standard InChI is InChI=1S/C29H34N8O4/c1-6-36-26(39)20-13-12-19(14-23(20)37(36)17(2)3)31-28-30-15-21(25-34-27(35-41-25)29(4,5)40)24(33-28)32-22(16-38)18-10-8-7-9-11-18/h7-15,17,22,38,40H,6,16H2,1-5H3,(H2,30,31,32,33)/t22-/m1/s1. The second-order valence-corrected chi connectivity index (χ2v) is 10.5. The van der Waals surface area contributed by atoms with Crippen molar-refractivity contribution in [3.05, 3.63) is 76.5 Å². The molecule has 0 saturated carbocycles. The molecule has 1 atom stereocenters. The maximum atomic E-state index is 12.9. The van der Waals surface area contributed by atoms with Gasteiger partial charge in [0.05, 0.1) is 23.6 Å². The Labute approximate surface area is 236 Å². The number of aromatic nitrogens is 6. The summed E-state index contributed by atoms with van der Waals surface area (Å²) in [5, 5.41) is 31.6. The van der Waals surface area contributed by atoms with Crippen molar-refractivity contribution in [1.82, 2.24) is 29.5 Å². The fourth-order valence-corrected chi connectivity index (χ4v) is 4.70. The largest absolute Gasteiger partial charge is 0.394 e. The van der Waals surface area contributed by atoms with Crippen LogP contribution in [-0.2, 0) is 12.1 Å². The van der Waals surface area contributed by atoms with Gasteiger partial charge in [0.2, 0.25) is 11.8 Å². The topological polar surface area (TPSA) is 156 Å². The van der Waals surface area contributed by atoms with Gasteiger partial charge in [0.1, 0.15) is 17.0 Å². The Morgan fingerprint density at radius 1 is 1.10 bits per heavy atom. The van der Waals surface area contributed by atoms with Crippen LogP contribution < -0.4 is 16.2 Å². The predicted octanol–water partition coefficient (Wildman–Crippen LogP) is 4.36. The van der Waals surface area contributed by atoms with E-state index in [1.807, 2.05) is 67.9 Å². The van der Waals surface area contributed by atoms with Crippen LogP contribution in [0.4, 0.5) is 17.5 Å². The second-order valence-electron chi connectivity index (χ2n) is 10.5. The molecule has 0 saturated heterocycles. The van der Waals surface area contributed by atoms with Gasteiger partial charge in [-0.1, -0.05) is 35.5 Å². The lowest BCUT2D eigenvalue weighted by molar-refractivity contribution is 0.0661. The van der Waals surface area contributed by atoms with E-state index >= 15 is 0 Å². The van der Waals surface area contributed by atoms with Crippen LogP contribution in [0.15, 0.2) is 64.0 Å². The molecule has 0 bridgehead atoms. The van der Waals surface area contributed by atoms with Crippen LogP contribution in [-0.4, -0.2) is 46.3 Å². The molecule has 3 aromatic heterocycles. The number of aliphatic hydroxyl groups is 2. The van der Waals surface area contributed by atoms with E-state index < -0.39 is 11.6 Å². The highest BCUT2D eigenvalue weighted by Crippen LogP contribution is 2.31. The van der Waals surface area contributed by atoms with E-state index in [-0.39, 0.29) is 35.9 Å². The van der Waals surface area contributed by atoms with Gasteiger partial charge in [-0.2, -0.15) is 9.97 Å². The van der Waals surface area contributed by atoms with Crippen LogP contribution >= 0.6 is 0 Å². The summed E-state index contributed by atoms with van der Waals surface area (Å²) in [6.45, 7) is 9.51. The normalized spacial score (nSPS) is 12.7. The molecule has 41 heavy (non-hydrogen) atoms. The van der Waals surface area contributed by atoms with Crippen LogP contribution in [0, 0.1) is 0 Å². The van der Waals surface area contributed by atoms with Crippen molar-refractivity contribution in [2.45, 2.75) is 58.8 Å². The number of nitrogens with zero attached hydrogens (tertiary/aromatic N) is 6. The van der Waals surface area contributed by atoms with Crippen molar-refractivity contribution in [2.24, 2.45) is 0 Å². The first-order chi connectivity index (χ1) is 19.6. The Hall–Kier alpha value is -4.55. The molecular weight excluding hydrogens is 524 g/mol. The lowest BCUT2D eigenvalue weighted by Crippen LogP contribution is -2.23. The van der Waals surface area contributed by atoms with Gasteiger partial charge < -0.3 is 25.4 Å². The molecule has 0 fully saturated rings. The zero-order valence-electron chi connectivity index (χ0n) is 23.7. The van der Waals surface area contributed by atoms with Gasteiger partial charge in [-0.25, -0.2) is 9.67 Å². The van der Waals surface area contributed by atoms with Crippen molar-refractivity contribution < 1.29 is 14.7 Å². The quantitative estimate of drug-likeness (QED) is 0.194. The Balaban J connectivity index is 1.55. The zero-order valence-corrected chi connectivity index (χ0v) is 23.7. The fourth-order valence-electron chi connectivity index (χ4n) is 4.70. The molecule has 12 heteroatoms. The number of rotatable bonds is 10. The predicted molar refractivity (Wildman–Crippen MR) is 156 cm³/mol. The summed E-state index contributed by atoms with van der Waals surface area (Å²) in [4.78, 5) is 26.4. The lowest BCUT2D eigenvalue weighted by atomic mass is 10.1. The summed E-state index contributed by atoms with van der Waals surface area (Å²) in [7, 11) is 0. The zero-order chi connectivity index (χ0) is 29.3. The lowest BCUT2D eigenvalue weighted by Gasteiger charge is -2.19. The highest BCUT2D eigenvalue weighted by molar-refractivity contribution is 5.83. The van der Waals surface area contributed by atoms with Crippen molar-refractivity contribution in [3.8, 4) is 11.5 Å². The van der Waals surface area contributed by atoms with Crippen molar-refractivity contribution >= 4 is 28.4 Å². The van der Waals surface area contributed by atoms with E-state index in [0.717, 1.165) is 11.1 Å². The summed E-state index contributed by atoms with van der Waals surface area (Å²) in [6.07, 6.45) is 1.54. The minimum atomic E-state index is -1.30. The minimum Gasteiger partial charge on any atom is -0.394 e. The molecule has 5 rings (SSSR count). The first-order valence-electron chi connectivity index (χ1n) is 13.5. The van der Waals surface area contributed by atoms with Gasteiger partial charge in [-0.05, 0) is 58.4 Å². The maximum Gasteiger partial charge on any atom is 0.274 e. The van der Waals surface area contributed by atoms with Crippen LogP contribution in [0.5, 0.6) is 0 Å². The number of benzene rings is 2. The third-order valence-corrected chi connectivity index (χ3v) is 6.70. The summed E-state index contributed by atoms with van der Waals surface area (Å²) in [5.74, 6) is 0.847. The molecule has 12 nitrogen and oxygen atoms in total. The molecule has 0 spiro atoms. The molecule has 0 aliphatic carbocycles. The van der Waals surface area contributed by atoms with E-state index in [1.165, 1.54) is 6.20 Å². The SMILES string of the molecule is CCn1c(=O)c2ccc(Nc3ncc(-c4nc(C(C)(C)O)no4)c(N[C@H](CO)c4ccccc4)n3)cc2n1C(C)C. The number of hydrogen-bond acceptors (Lipinski definition) is 10. The van der Waals surface area contributed by atoms with Gasteiger partial charge in [0.25, 0.3) is 11.4 Å². The summed E-state index contributed by atoms with van der Waals surface area (Å²) in [5.41, 5.74) is 1.42. The van der Waals surface area contributed by atoms with Crippen LogP contribution in [0.3, 0.4) is 0 Å². The number of aliphatic hydroxyl groups excluding tert-OH is 1. The molecular formula is C29H34N8O4. The molecule has 0 aliphatic heterocycles. The van der Waals surface area contributed by atoms with E-state index in [0.29, 0.717) is 29.0 Å². The Kier molecular flexibility index (Phi) is 7.61. The van der Waals surface area contributed by atoms with Crippen molar-refractivity contribution in [1.29, 1.82) is 0 Å². The highest BCUT2D eigenvalue weighted by Gasteiger charge is 2.26. The Morgan fingerprint density at radius 3 is 2.49 bits per heavy atom. The van der Waals surface area contributed by atoms with Crippen molar-refractivity contribution in [2.75, 3.05) is 17.2 Å². The Morgan fingerprint density at radius 2 is 1.85 bits per heavy atom. The molecule has 5 aromatic rings. The van der Waals surface area contributed by atoms with Crippen LogP contribution in [0.2, 0.25) is 0 Å². The first-order valence-corrected chi connectivity index (χ1v) is 13.5. The monoisotopic (exact) mass is 558 g/mol. The highest BCUT2D eigenvalue weighted by atomic mass is 16.5. The van der Waals surface area contributed by atoms with Gasteiger partial charge in [0.15, 0.2) is 0 Å². The van der Waals surface area contributed by atoms with Gasteiger partial charge in [-0.15, -0.1) is 0 Å². The molecule has 4 N–H and O–H groups in total. The molecule has 0 radical (unpaired) electrons. The third kappa shape index (κ3) is 5.56. The third-order valence-electron chi connectivity index (χ3n) is 6.70. The summed E-state index contributed by atoms with van der Waals surface area (Å²) < 4.78 is 9.17. The Bertz CT molecular complexity index is 1720. The van der Waals surface area contributed by atoms with Crippen LogP contribution in [0.1, 0.15) is 58.1 Å². The van der Waals surface area contributed by atoms with Gasteiger partial charge >= 0.3 is 0 Å². The van der Waals surface area contributed by atoms with Gasteiger partial charge in [0, 0.05) is 24.5 Å². The van der Waals surface area contributed by atoms with E-state index in [4.69, 9.17) is 9.51 Å². The second kappa shape index (κ2) is 11.1. The van der Waals surface area contributed by atoms with Crippen LogP contribution in [0.25, 0.3) is 22.4 Å². The average molecular weight is 559 g/mol. The molecule has 0 aliphatic rings. The van der Waals surface area contributed by atoms with E-state index in [9.17, 15) is 15.0 Å². The first kappa shape index (κ1) is 28.0. The number of anilines is 3. The number of fused-ring (bicyclic) bond motifs is 1. The van der Waals surface area contributed by atoms with E-state index in [1.54, 1.807) is 24.6 Å². The minimum absolute atomic E-state index is 0.0317.